The van der Waals surface area contributed by atoms with Gasteiger partial charge in [0.15, 0.2) is 0 Å². The van der Waals surface area contributed by atoms with Gasteiger partial charge in [-0.15, -0.1) is 0 Å². The highest BCUT2D eigenvalue weighted by Gasteiger charge is 2.45. The Bertz CT molecular complexity index is 465. The Morgan fingerprint density at radius 3 is 2.95 bits per heavy atom. The first kappa shape index (κ1) is 11.5. The Balaban J connectivity index is 1.45. The summed E-state index contributed by atoms with van der Waals surface area (Å²) >= 11 is 0. The molecular weight excluding hydrogens is 236 g/mol. The number of piperidine rings is 1. The van der Waals surface area contributed by atoms with Crippen LogP contribution in [0, 0.1) is 11.3 Å². The van der Waals surface area contributed by atoms with E-state index in [2.05, 4.69) is 26.3 Å². The van der Waals surface area contributed by atoms with Crippen molar-refractivity contribution in [3.05, 3.63) is 12.4 Å². The van der Waals surface area contributed by atoms with Crippen molar-refractivity contribution in [2.75, 3.05) is 29.9 Å². The van der Waals surface area contributed by atoms with Gasteiger partial charge < -0.3 is 10.2 Å². The van der Waals surface area contributed by atoms with Crippen LogP contribution in [-0.2, 0) is 0 Å². The second kappa shape index (κ2) is 4.36. The van der Waals surface area contributed by atoms with Crippen LogP contribution >= 0.6 is 0 Å². The highest BCUT2D eigenvalue weighted by molar-refractivity contribution is 5.49. The molecule has 1 aliphatic heterocycles. The van der Waals surface area contributed by atoms with Gasteiger partial charge in [0.1, 0.15) is 18.0 Å². The van der Waals surface area contributed by atoms with E-state index >= 15 is 0 Å². The second-order valence-electron chi connectivity index (χ2n) is 6.61. The molecule has 102 valence electrons. The molecule has 0 radical (unpaired) electrons. The Morgan fingerprint density at radius 1 is 1.26 bits per heavy atom. The number of hydrogen-bond donors (Lipinski definition) is 1. The largest absolute Gasteiger partial charge is 0.370 e. The molecule has 2 saturated carbocycles. The van der Waals surface area contributed by atoms with Gasteiger partial charge in [-0.25, -0.2) is 9.97 Å². The molecule has 1 aromatic rings. The number of hydrogen-bond acceptors (Lipinski definition) is 4. The minimum absolute atomic E-state index is 0.644. The lowest BCUT2D eigenvalue weighted by molar-refractivity contribution is 0.393. The lowest BCUT2D eigenvalue weighted by Crippen LogP contribution is -2.37. The molecule has 2 heterocycles. The SMILES string of the molecule is c1nc(NCC2CC2)cc(N2CCCC3(CC3)C2)n1. The molecule has 4 nitrogen and oxygen atoms in total. The quantitative estimate of drug-likeness (QED) is 0.901. The first-order valence-corrected chi connectivity index (χ1v) is 7.64. The zero-order chi connectivity index (χ0) is 12.7. The number of nitrogens with one attached hydrogen (secondary N) is 1. The summed E-state index contributed by atoms with van der Waals surface area (Å²) in [6.07, 6.45) is 10.0. The van der Waals surface area contributed by atoms with Gasteiger partial charge in [0, 0.05) is 25.7 Å². The van der Waals surface area contributed by atoms with E-state index in [4.69, 9.17) is 0 Å². The highest BCUT2D eigenvalue weighted by atomic mass is 15.2. The van der Waals surface area contributed by atoms with Gasteiger partial charge in [-0.2, -0.15) is 0 Å². The standard InChI is InChI=1S/C15H22N4/c1-4-15(5-6-15)10-19(7-1)14-8-13(17-11-18-14)16-9-12-2-3-12/h8,11-12H,1-7,9-10H2,(H,16,17,18). The summed E-state index contributed by atoms with van der Waals surface area (Å²) in [6.45, 7) is 3.42. The molecular formula is C15H22N4. The van der Waals surface area contributed by atoms with E-state index in [0.717, 1.165) is 30.6 Å². The van der Waals surface area contributed by atoms with E-state index < -0.39 is 0 Å². The fraction of sp³-hybridized carbons (Fsp3) is 0.733. The molecule has 0 amide bonds. The molecule has 0 unspecified atom stereocenters. The van der Waals surface area contributed by atoms with Crippen LogP contribution in [0.4, 0.5) is 11.6 Å². The number of anilines is 2. The van der Waals surface area contributed by atoms with Crippen molar-refractivity contribution in [2.45, 2.75) is 38.5 Å². The van der Waals surface area contributed by atoms with Crippen LogP contribution < -0.4 is 10.2 Å². The van der Waals surface area contributed by atoms with Crippen molar-refractivity contribution >= 4 is 11.6 Å². The van der Waals surface area contributed by atoms with Crippen LogP contribution in [0.3, 0.4) is 0 Å². The van der Waals surface area contributed by atoms with Gasteiger partial charge in [0.25, 0.3) is 0 Å². The zero-order valence-electron chi connectivity index (χ0n) is 11.4. The van der Waals surface area contributed by atoms with Crippen LogP contribution in [0.1, 0.15) is 38.5 Å². The molecule has 0 atom stereocenters. The van der Waals surface area contributed by atoms with Crippen LogP contribution in [0.15, 0.2) is 12.4 Å². The van der Waals surface area contributed by atoms with Crippen LogP contribution in [0.2, 0.25) is 0 Å². The molecule has 3 aliphatic rings. The molecule has 4 heteroatoms. The first-order valence-electron chi connectivity index (χ1n) is 7.64. The maximum Gasteiger partial charge on any atom is 0.134 e. The lowest BCUT2D eigenvalue weighted by Gasteiger charge is -2.33. The van der Waals surface area contributed by atoms with Crippen molar-refractivity contribution in [3.8, 4) is 0 Å². The third-order valence-electron chi connectivity index (χ3n) is 4.86. The molecule has 3 fully saturated rings. The minimum atomic E-state index is 0.644. The molecule has 1 aromatic heterocycles. The van der Waals surface area contributed by atoms with Gasteiger partial charge in [0.2, 0.25) is 0 Å². The third kappa shape index (κ3) is 2.53. The van der Waals surface area contributed by atoms with Crippen molar-refractivity contribution in [1.82, 2.24) is 9.97 Å². The van der Waals surface area contributed by atoms with E-state index in [0.29, 0.717) is 5.41 Å². The predicted molar refractivity (Wildman–Crippen MR) is 76.4 cm³/mol. The van der Waals surface area contributed by atoms with E-state index in [9.17, 15) is 0 Å². The van der Waals surface area contributed by atoms with Gasteiger partial charge in [-0.3, -0.25) is 0 Å². The summed E-state index contributed by atoms with van der Waals surface area (Å²) in [4.78, 5) is 11.3. The van der Waals surface area contributed by atoms with E-state index in [1.807, 2.05) is 0 Å². The maximum atomic E-state index is 4.47. The second-order valence-corrected chi connectivity index (χ2v) is 6.61. The smallest absolute Gasteiger partial charge is 0.134 e. The molecule has 2 aliphatic carbocycles. The Kier molecular flexibility index (Phi) is 2.64. The van der Waals surface area contributed by atoms with Crippen molar-refractivity contribution in [1.29, 1.82) is 0 Å². The topological polar surface area (TPSA) is 41.1 Å². The molecule has 1 N–H and O–H groups in total. The van der Waals surface area contributed by atoms with Gasteiger partial charge >= 0.3 is 0 Å². The van der Waals surface area contributed by atoms with Gasteiger partial charge in [-0.1, -0.05) is 0 Å². The van der Waals surface area contributed by atoms with Crippen LogP contribution in [0.25, 0.3) is 0 Å². The third-order valence-corrected chi connectivity index (χ3v) is 4.86. The molecule has 0 bridgehead atoms. The summed E-state index contributed by atoms with van der Waals surface area (Å²) in [7, 11) is 0. The van der Waals surface area contributed by atoms with Crippen molar-refractivity contribution in [2.24, 2.45) is 11.3 Å². The van der Waals surface area contributed by atoms with E-state index in [1.54, 1.807) is 6.33 Å². The Labute approximate surface area is 114 Å². The summed E-state index contributed by atoms with van der Waals surface area (Å²) in [5.74, 6) is 2.98. The monoisotopic (exact) mass is 258 g/mol. The first-order chi connectivity index (χ1) is 9.33. The Hall–Kier alpha value is -1.32. The Morgan fingerprint density at radius 2 is 2.16 bits per heavy atom. The van der Waals surface area contributed by atoms with Crippen molar-refractivity contribution < 1.29 is 0 Å². The molecule has 0 aromatic carbocycles. The lowest BCUT2D eigenvalue weighted by atomic mass is 9.95. The van der Waals surface area contributed by atoms with E-state index in [-0.39, 0.29) is 0 Å². The fourth-order valence-electron chi connectivity index (χ4n) is 3.18. The molecule has 4 rings (SSSR count). The van der Waals surface area contributed by atoms with Crippen molar-refractivity contribution in [3.63, 3.8) is 0 Å². The van der Waals surface area contributed by atoms with Gasteiger partial charge in [-0.05, 0) is 49.9 Å². The molecule has 1 saturated heterocycles. The summed E-state index contributed by atoms with van der Waals surface area (Å²) < 4.78 is 0. The maximum absolute atomic E-state index is 4.47. The normalized spacial score (nSPS) is 24.5. The van der Waals surface area contributed by atoms with Crippen LogP contribution in [0.5, 0.6) is 0 Å². The number of aromatic nitrogens is 2. The zero-order valence-corrected chi connectivity index (χ0v) is 11.4. The average molecular weight is 258 g/mol. The summed E-state index contributed by atoms with van der Waals surface area (Å²) in [6, 6.07) is 2.13. The number of rotatable bonds is 4. The molecule has 19 heavy (non-hydrogen) atoms. The van der Waals surface area contributed by atoms with E-state index in [1.165, 1.54) is 45.1 Å². The average Bonchev–Trinajstić information content (AvgIpc) is 3.35. The summed E-state index contributed by atoms with van der Waals surface area (Å²) in [5.41, 5.74) is 0.644. The molecule has 1 spiro atoms. The number of nitrogens with zero attached hydrogens (tertiary/aromatic N) is 3. The minimum Gasteiger partial charge on any atom is -0.370 e. The highest BCUT2D eigenvalue weighted by Crippen LogP contribution is 2.52. The van der Waals surface area contributed by atoms with Gasteiger partial charge in [0.05, 0.1) is 0 Å². The predicted octanol–water partition coefficient (Wildman–Crippen LogP) is 2.68. The fourth-order valence-corrected chi connectivity index (χ4v) is 3.18. The summed E-state index contributed by atoms with van der Waals surface area (Å²) in [5, 5.41) is 3.44. The van der Waals surface area contributed by atoms with Crippen LogP contribution in [-0.4, -0.2) is 29.6 Å².